The number of nitrogens with zero attached hydrogens (tertiary/aromatic N) is 1. The number of rotatable bonds is 2. The number of amides is 1. The van der Waals surface area contributed by atoms with Gasteiger partial charge in [0.2, 0.25) is 0 Å². The molecule has 0 spiro atoms. The van der Waals surface area contributed by atoms with Gasteiger partial charge in [-0.05, 0) is 24.3 Å². The average Bonchev–Trinajstić information content (AvgIpc) is 2.61. The number of halogens is 2. The molecule has 0 saturated carbocycles. The van der Waals surface area contributed by atoms with Gasteiger partial charge in [-0.3, -0.25) is 4.90 Å². The summed E-state index contributed by atoms with van der Waals surface area (Å²) >= 11 is 11.4. The van der Waals surface area contributed by atoms with Crippen LogP contribution in [0.15, 0.2) is 24.3 Å². The van der Waals surface area contributed by atoms with Crippen molar-refractivity contribution in [1.82, 2.24) is 0 Å². The lowest BCUT2D eigenvalue weighted by Crippen LogP contribution is -2.24. The molecule has 3 nitrogen and oxygen atoms in total. The molecule has 0 radical (unpaired) electrons. The van der Waals surface area contributed by atoms with Gasteiger partial charge >= 0.3 is 6.09 Å². The van der Waals surface area contributed by atoms with E-state index in [1.807, 2.05) is 0 Å². The number of alkyl halides is 1. The fourth-order valence-electron chi connectivity index (χ4n) is 1.43. The highest BCUT2D eigenvalue weighted by molar-refractivity contribution is 6.30. The lowest BCUT2D eigenvalue weighted by molar-refractivity contribution is 0.151. The van der Waals surface area contributed by atoms with E-state index in [1.54, 1.807) is 29.2 Å². The molecule has 0 aliphatic carbocycles. The quantitative estimate of drug-likeness (QED) is 0.751. The van der Waals surface area contributed by atoms with E-state index in [9.17, 15) is 4.79 Å². The molecule has 2 rings (SSSR count). The van der Waals surface area contributed by atoms with Crippen molar-refractivity contribution in [2.75, 3.05) is 17.3 Å². The molecule has 1 aliphatic heterocycles. The van der Waals surface area contributed by atoms with Gasteiger partial charge in [0.15, 0.2) is 0 Å². The minimum Gasteiger partial charge on any atom is -0.443 e. The molecule has 0 N–H and O–H groups in total. The van der Waals surface area contributed by atoms with E-state index in [2.05, 4.69) is 0 Å². The Morgan fingerprint density at radius 1 is 1.40 bits per heavy atom. The Bertz CT molecular complexity index is 366. The summed E-state index contributed by atoms with van der Waals surface area (Å²) in [5.41, 5.74) is 0.775. The second-order valence-corrected chi connectivity index (χ2v) is 3.99. The van der Waals surface area contributed by atoms with E-state index < -0.39 is 0 Å². The number of hydrogen-bond acceptors (Lipinski definition) is 2. The van der Waals surface area contributed by atoms with Crippen LogP contribution in [0, 0.1) is 0 Å². The van der Waals surface area contributed by atoms with Crippen LogP contribution in [0.4, 0.5) is 10.5 Å². The van der Waals surface area contributed by atoms with Crippen LogP contribution >= 0.6 is 23.2 Å². The molecule has 15 heavy (non-hydrogen) atoms. The Morgan fingerprint density at radius 2 is 2.07 bits per heavy atom. The zero-order chi connectivity index (χ0) is 10.8. The number of hydrogen-bond donors (Lipinski definition) is 0. The van der Waals surface area contributed by atoms with Crippen molar-refractivity contribution < 1.29 is 9.53 Å². The smallest absolute Gasteiger partial charge is 0.414 e. The van der Waals surface area contributed by atoms with Crippen LogP contribution in [0.25, 0.3) is 0 Å². The second kappa shape index (κ2) is 4.29. The van der Waals surface area contributed by atoms with Gasteiger partial charge in [0.05, 0.1) is 12.4 Å². The molecule has 0 unspecified atom stereocenters. The number of carbonyl (C=O) groups is 1. The van der Waals surface area contributed by atoms with Crippen molar-refractivity contribution in [3.8, 4) is 0 Å². The minimum atomic E-state index is -0.358. The third-order valence-electron chi connectivity index (χ3n) is 2.18. The van der Waals surface area contributed by atoms with Gasteiger partial charge in [0.1, 0.15) is 6.10 Å². The van der Waals surface area contributed by atoms with Gasteiger partial charge in [0, 0.05) is 10.7 Å². The molecule has 0 aromatic heterocycles. The molecular weight excluding hydrogens is 237 g/mol. The maximum Gasteiger partial charge on any atom is 0.414 e. The molecule has 5 heteroatoms. The fourth-order valence-corrected chi connectivity index (χ4v) is 1.72. The maximum atomic E-state index is 11.4. The Balaban J connectivity index is 2.18. The van der Waals surface area contributed by atoms with Crippen molar-refractivity contribution in [3.63, 3.8) is 0 Å². The highest BCUT2D eigenvalue weighted by atomic mass is 35.5. The maximum absolute atomic E-state index is 11.4. The first-order valence-corrected chi connectivity index (χ1v) is 5.41. The SMILES string of the molecule is O=C1O[C@H](CCl)CN1c1ccc(Cl)cc1. The summed E-state index contributed by atoms with van der Waals surface area (Å²) < 4.78 is 5.03. The Labute approximate surface area is 97.5 Å². The van der Waals surface area contributed by atoms with Gasteiger partial charge in [-0.1, -0.05) is 11.6 Å². The number of anilines is 1. The largest absolute Gasteiger partial charge is 0.443 e. The minimum absolute atomic E-state index is 0.227. The first-order valence-electron chi connectivity index (χ1n) is 4.50. The predicted molar refractivity (Wildman–Crippen MR) is 59.8 cm³/mol. The average molecular weight is 246 g/mol. The molecule has 1 fully saturated rings. The van der Waals surface area contributed by atoms with Crippen molar-refractivity contribution in [2.24, 2.45) is 0 Å². The van der Waals surface area contributed by atoms with Crippen LogP contribution in [0.3, 0.4) is 0 Å². The van der Waals surface area contributed by atoms with Crippen molar-refractivity contribution >= 4 is 35.0 Å². The molecule has 1 aromatic rings. The topological polar surface area (TPSA) is 29.5 Å². The summed E-state index contributed by atoms with van der Waals surface area (Å²) in [5.74, 6) is 0.315. The van der Waals surface area contributed by atoms with E-state index >= 15 is 0 Å². The van der Waals surface area contributed by atoms with Gasteiger partial charge in [0.25, 0.3) is 0 Å². The van der Waals surface area contributed by atoms with Gasteiger partial charge < -0.3 is 4.74 Å². The van der Waals surface area contributed by atoms with Crippen molar-refractivity contribution in [1.29, 1.82) is 0 Å². The summed E-state index contributed by atoms with van der Waals surface area (Å²) in [5, 5.41) is 0.639. The fraction of sp³-hybridized carbons (Fsp3) is 0.300. The van der Waals surface area contributed by atoms with E-state index in [1.165, 1.54) is 0 Å². The number of carbonyl (C=O) groups excluding carboxylic acids is 1. The van der Waals surface area contributed by atoms with E-state index in [4.69, 9.17) is 27.9 Å². The molecule has 1 saturated heterocycles. The number of cyclic esters (lactones) is 1. The first-order chi connectivity index (χ1) is 7.20. The summed E-state index contributed by atoms with van der Waals surface area (Å²) in [6.45, 7) is 0.490. The van der Waals surface area contributed by atoms with Crippen LogP contribution in [0.1, 0.15) is 0 Å². The predicted octanol–water partition coefficient (Wildman–Crippen LogP) is 2.90. The molecule has 1 aromatic carbocycles. The molecule has 1 aliphatic rings. The van der Waals surface area contributed by atoms with E-state index in [-0.39, 0.29) is 12.2 Å². The highest BCUT2D eigenvalue weighted by Gasteiger charge is 2.31. The number of ether oxygens (including phenoxy) is 1. The van der Waals surface area contributed by atoms with E-state index in [0.29, 0.717) is 17.4 Å². The van der Waals surface area contributed by atoms with Crippen LogP contribution in [-0.2, 0) is 4.74 Å². The number of benzene rings is 1. The third kappa shape index (κ3) is 2.19. The zero-order valence-corrected chi connectivity index (χ0v) is 9.33. The second-order valence-electron chi connectivity index (χ2n) is 3.25. The normalized spacial score (nSPS) is 20.5. The molecule has 1 atom stereocenters. The van der Waals surface area contributed by atoms with Crippen LogP contribution < -0.4 is 4.90 Å². The standard InChI is InChI=1S/C10H9Cl2NO2/c11-5-9-6-13(10(14)15-9)8-3-1-7(12)2-4-8/h1-4,9H,5-6H2/t9-/m1/s1. The van der Waals surface area contributed by atoms with Crippen LogP contribution in [-0.4, -0.2) is 24.6 Å². The Morgan fingerprint density at radius 3 is 2.60 bits per heavy atom. The summed E-state index contributed by atoms with van der Waals surface area (Å²) in [6, 6.07) is 7.02. The molecular formula is C10H9Cl2NO2. The summed E-state index contributed by atoms with van der Waals surface area (Å²) in [6.07, 6.45) is -0.585. The van der Waals surface area contributed by atoms with Gasteiger partial charge in [-0.25, -0.2) is 4.79 Å². The zero-order valence-electron chi connectivity index (χ0n) is 7.82. The lowest BCUT2D eigenvalue weighted by Gasteiger charge is -2.12. The highest BCUT2D eigenvalue weighted by Crippen LogP contribution is 2.23. The summed E-state index contributed by atoms with van der Waals surface area (Å²) in [7, 11) is 0. The lowest BCUT2D eigenvalue weighted by atomic mass is 10.3. The molecule has 0 bridgehead atoms. The third-order valence-corrected chi connectivity index (χ3v) is 2.78. The Kier molecular flexibility index (Phi) is 3.03. The molecule has 80 valence electrons. The van der Waals surface area contributed by atoms with Gasteiger partial charge in [-0.2, -0.15) is 0 Å². The van der Waals surface area contributed by atoms with Crippen molar-refractivity contribution in [2.45, 2.75) is 6.10 Å². The van der Waals surface area contributed by atoms with E-state index in [0.717, 1.165) is 5.69 Å². The monoisotopic (exact) mass is 245 g/mol. The van der Waals surface area contributed by atoms with Gasteiger partial charge in [-0.15, -0.1) is 11.6 Å². The first kappa shape index (κ1) is 10.6. The molecule has 1 heterocycles. The van der Waals surface area contributed by atoms with Crippen LogP contribution in [0.5, 0.6) is 0 Å². The molecule has 1 amide bonds. The van der Waals surface area contributed by atoms with Crippen LogP contribution in [0.2, 0.25) is 5.02 Å². The van der Waals surface area contributed by atoms with Crippen molar-refractivity contribution in [3.05, 3.63) is 29.3 Å². The Hall–Kier alpha value is -0.930. The summed E-state index contributed by atoms with van der Waals surface area (Å²) in [4.78, 5) is 13.0.